The molecule has 0 amide bonds. The van der Waals surface area contributed by atoms with Gasteiger partial charge in [-0.1, -0.05) is 26.2 Å². The fourth-order valence-electron chi connectivity index (χ4n) is 3.36. The minimum Gasteiger partial charge on any atom is -0.494 e. The summed E-state index contributed by atoms with van der Waals surface area (Å²) >= 11 is 0. The fraction of sp³-hybridized carbons (Fsp3) is 0.545. The summed E-state index contributed by atoms with van der Waals surface area (Å²) in [5.41, 5.74) is -0.299. The lowest BCUT2D eigenvalue weighted by Gasteiger charge is -2.17. The molecule has 1 aromatic carbocycles. The number of halogens is 3. The van der Waals surface area contributed by atoms with Crippen LogP contribution in [0.15, 0.2) is 30.5 Å². The third-order valence-corrected chi connectivity index (χ3v) is 5.02. The van der Waals surface area contributed by atoms with Crippen molar-refractivity contribution in [2.75, 3.05) is 11.9 Å². The van der Waals surface area contributed by atoms with E-state index in [2.05, 4.69) is 22.2 Å². The maximum atomic E-state index is 13.3. The zero-order valence-corrected chi connectivity index (χ0v) is 17.2. The van der Waals surface area contributed by atoms with E-state index in [1.807, 2.05) is 12.1 Å². The van der Waals surface area contributed by atoms with Crippen LogP contribution in [-0.2, 0) is 6.18 Å². The van der Waals surface area contributed by atoms with Gasteiger partial charge in [-0.25, -0.2) is 4.98 Å². The van der Waals surface area contributed by atoms with Gasteiger partial charge in [-0.15, -0.1) is 0 Å². The van der Waals surface area contributed by atoms with Gasteiger partial charge in [0, 0.05) is 11.9 Å². The largest absolute Gasteiger partial charge is 0.494 e. The van der Waals surface area contributed by atoms with Crippen molar-refractivity contribution in [3.8, 4) is 11.6 Å². The maximum absolute atomic E-state index is 13.3. The van der Waals surface area contributed by atoms with Crippen LogP contribution in [0, 0.1) is 0 Å². The SMILES string of the molecule is CCCCCCOc1ccc(Nc2ncc(C(F)(F)F)c(OC3CCCC3)n2)cc1. The number of benzene rings is 1. The Morgan fingerprint density at radius 3 is 2.47 bits per heavy atom. The number of alkyl halides is 3. The van der Waals surface area contributed by atoms with Crippen LogP contribution in [0.5, 0.6) is 11.6 Å². The number of ether oxygens (including phenoxy) is 2. The van der Waals surface area contributed by atoms with E-state index in [0.29, 0.717) is 12.3 Å². The first-order valence-electron chi connectivity index (χ1n) is 10.6. The second-order valence-electron chi connectivity index (χ2n) is 7.49. The van der Waals surface area contributed by atoms with Gasteiger partial charge < -0.3 is 14.8 Å². The Morgan fingerprint density at radius 1 is 1.07 bits per heavy atom. The Balaban J connectivity index is 1.64. The van der Waals surface area contributed by atoms with Gasteiger partial charge >= 0.3 is 6.18 Å². The lowest BCUT2D eigenvalue weighted by Crippen LogP contribution is -2.17. The second-order valence-corrected chi connectivity index (χ2v) is 7.49. The van der Waals surface area contributed by atoms with Crippen molar-refractivity contribution in [3.63, 3.8) is 0 Å². The highest BCUT2D eigenvalue weighted by molar-refractivity contribution is 5.55. The average Bonchev–Trinajstić information content (AvgIpc) is 3.21. The van der Waals surface area contributed by atoms with E-state index in [9.17, 15) is 13.2 Å². The average molecular weight is 423 g/mol. The molecule has 0 atom stereocenters. The summed E-state index contributed by atoms with van der Waals surface area (Å²) in [5.74, 6) is 0.388. The number of unbranched alkanes of at least 4 members (excludes halogenated alkanes) is 3. The van der Waals surface area contributed by atoms with Gasteiger partial charge in [-0.3, -0.25) is 0 Å². The van der Waals surface area contributed by atoms with Gasteiger partial charge in [0.05, 0.1) is 6.61 Å². The summed E-state index contributed by atoms with van der Waals surface area (Å²) in [7, 11) is 0. The van der Waals surface area contributed by atoms with Crippen LogP contribution in [0.4, 0.5) is 24.8 Å². The molecule has 8 heteroatoms. The minimum absolute atomic E-state index is 0.0595. The third kappa shape index (κ3) is 6.50. The molecule has 1 saturated carbocycles. The van der Waals surface area contributed by atoms with Crippen LogP contribution >= 0.6 is 0 Å². The van der Waals surface area contributed by atoms with Crippen LogP contribution < -0.4 is 14.8 Å². The molecule has 30 heavy (non-hydrogen) atoms. The predicted octanol–water partition coefficient (Wildman–Crippen LogP) is 6.52. The van der Waals surface area contributed by atoms with E-state index in [1.54, 1.807) is 12.1 Å². The molecule has 0 radical (unpaired) electrons. The number of hydrogen-bond acceptors (Lipinski definition) is 5. The van der Waals surface area contributed by atoms with Crippen LogP contribution in [-0.4, -0.2) is 22.7 Å². The Bertz CT molecular complexity index is 791. The highest BCUT2D eigenvalue weighted by Crippen LogP contribution is 2.37. The number of nitrogens with zero attached hydrogens (tertiary/aromatic N) is 2. The molecule has 0 unspecified atom stereocenters. The van der Waals surface area contributed by atoms with Crippen molar-refractivity contribution >= 4 is 11.6 Å². The minimum atomic E-state index is -4.57. The standard InChI is InChI=1S/C22H28F3N3O2/c1-2-3-4-7-14-29-17-12-10-16(11-13-17)27-21-26-15-19(22(23,24)25)20(28-21)30-18-8-5-6-9-18/h10-13,15,18H,2-9,14H2,1H3,(H,26,27,28). The summed E-state index contributed by atoms with van der Waals surface area (Å²) in [4.78, 5) is 7.83. The summed E-state index contributed by atoms with van der Waals surface area (Å²) in [6.45, 7) is 2.83. The molecule has 0 spiro atoms. The van der Waals surface area contributed by atoms with Gasteiger partial charge in [0.2, 0.25) is 11.8 Å². The van der Waals surface area contributed by atoms with Gasteiger partial charge in [-0.2, -0.15) is 18.2 Å². The van der Waals surface area contributed by atoms with Crippen LogP contribution in [0.25, 0.3) is 0 Å². The zero-order chi connectivity index (χ0) is 21.4. The van der Waals surface area contributed by atoms with Crippen LogP contribution in [0.3, 0.4) is 0 Å². The summed E-state index contributed by atoms with van der Waals surface area (Å²) in [5, 5.41) is 2.93. The molecular formula is C22H28F3N3O2. The van der Waals surface area contributed by atoms with Crippen LogP contribution in [0.1, 0.15) is 63.9 Å². The molecule has 0 bridgehead atoms. The number of rotatable bonds is 10. The Morgan fingerprint density at radius 2 is 1.80 bits per heavy atom. The smallest absolute Gasteiger partial charge is 0.423 e. The molecule has 164 valence electrons. The summed E-state index contributed by atoms with van der Waals surface area (Å²) < 4.78 is 51.2. The Hall–Kier alpha value is -2.51. The Labute approximate surface area is 175 Å². The lowest BCUT2D eigenvalue weighted by atomic mass is 10.2. The highest BCUT2D eigenvalue weighted by atomic mass is 19.4. The molecule has 1 aliphatic rings. The topological polar surface area (TPSA) is 56.3 Å². The van der Waals surface area contributed by atoms with Gasteiger partial charge in [-0.05, 0) is 56.4 Å². The van der Waals surface area contributed by atoms with Gasteiger partial charge in [0.15, 0.2) is 0 Å². The molecule has 1 N–H and O–H groups in total. The summed E-state index contributed by atoms with van der Waals surface area (Å²) in [6.07, 6.45) is 3.89. The highest BCUT2D eigenvalue weighted by Gasteiger charge is 2.37. The van der Waals surface area contributed by atoms with Gasteiger partial charge in [0.25, 0.3) is 0 Å². The Kier molecular flexibility index (Phi) is 7.76. The van der Waals surface area contributed by atoms with Crippen molar-refractivity contribution in [1.29, 1.82) is 0 Å². The molecule has 0 aliphatic heterocycles. The molecular weight excluding hydrogens is 395 g/mol. The number of nitrogens with one attached hydrogen (secondary N) is 1. The van der Waals surface area contributed by atoms with Crippen molar-refractivity contribution in [3.05, 3.63) is 36.0 Å². The van der Waals surface area contributed by atoms with E-state index >= 15 is 0 Å². The van der Waals surface area contributed by atoms with Crippen molar-refractivity contribution in [2.45, 2.75) is 70.6 Å². The first-order chi connectivity index (χ1) is 14.5. The molecule has 2 aromatic rings. The van der Waals surface area contributed by atoms with E-state index < -0.39 is 17.6 Å². The molecule has 1 heterocycles. The number of hydrogen-bond donors (Lipinski definition) is 1. The van der Waals surface area contributed by atoms with Gasteiger partial charge in [0.1, 0.15) is 17.4 Å². The van der Waals surface area contributed by atoms with E-state index in [4.69, 9.17) is 9.47 Å². The number of aromatic nitrogens is 2. The zero-order valence-electron chi connectivity index (χ0n) is 17.2. The fourth-order valence-corrected chi connectivity index (χ4v) is 3.36. The monoisotopic (exact) mass is 423 g/mol. The number of anilines is 2. The van der Waals surface area contributed by atoms with Crippen molar-refractivity contribution < 1.29 is 22.6 Å². The molecule has 3 rings (SSSR count). The molecule has 1 aliphatic carbocycles. The van der Waals surface area contributed by atoms with E-state index in [-0.39, 0.29) is 12.1 Å². The van der Waals surface area contributed by atoms with E-state index in [1.165, 1.54) is 12.8 Å². The van der Waals surface area contributed by atoms with Crippen LogP contribution in [0.2, 0.25) is 0 Å². The molecule has 5 nitrogen and oxygen atoms in total. The normalized spacial score (nSPS) is 14.7. The maximum Gasteiger partial charge on any atom is 0.423 e. The quantitative estimate of drug-likeness (QED) is 0.441. The molecule has 0 saturated heterocycles. The summed E-state index contributed by atoms with van der Waals surface area (Å²) in [6, 6.07) is 7.17. The molecule has 1 fully saturated rings. The first kappa shape index (κ1) is 22.2. The van der Waals surface area contributed by atoms with E-state index in [0.717, 1.165) is 50.5 Å². The second kappa shape index (κ2) is 10.5. The lowest BCUT2D eigenvalue weighted by molar-refractivity contribution is -0.139. The molecule has 1 aromatic heterocycles. The third-order valence-electron chi connectivity index (χ3n) is 5.02. The van der Waals surface area contributed by atoms with Crippen molar-refractivity contribution in [2.24, 2.45) is 0 Å². The first-order valence-corrected chi connectivity index (χ1v) is 10.6. The van der Waals surface area contributed by atoms with Crippen molar-refractivity contribution in [1.82, 2.24) is 9.97 Å². The predicted molar refractivity (Wildman–Crippen MR) is 109 cm³/mol.